The van der Waals surface area contributed by atoms with Crippen molar-refractivity contribution in [3.63, 3.8) is 0 Å². The second-order valence-electron chi connectivity index (χ2n) is 2.29. The van der Waals surface area contributed by atoms with E-state index in [4.69, 9.17) is 14.6 Å². The van der Waals surface area contributed by atoms with Gasteiger partial charge >= 0.3 is 5.97 Å². The number of hydrogen-bond donors (Lipinski definition) is 1. The van der Waals surface area contributed by atoms with E-state index in [0.29, 0.717) is 5.75 Å². The standard InChI is InChI=1S/C9H9O4/c1-12-6-3-4-7(9(10)11)8(5-6)13-2/h3,5H,1-2H3,(H,10,11). The van der Waals surface area contributed by atoms with Crippen LogP contribution in [0.25, 0.3) is 0 Å². The van der Waals surface area contributed by atoms with Gasteiger partial charge < -0.3 is 14.6 Å². The van der Waals surface area contributed by atoms with Crippen LogP contribution < -0.4 is 9.47 Å². The van der Waals surface area contributed by atoms with Crippen molar-refractivity contribution in [1.82, 2.24) is 0 Å². The van der Waals surface area contributed by atoms with Gasteiger partial charge in [-0.2, -0.15) is 0 Å². The molecule has 1 N–H and O–H groups in total. The van der Waals surface area contributed by atoms with Gasteiger partial charge in [-0.1, -0.05) is 0 Å². The second kappa shape index (κ2) is 3.80. The molecule has 0 heterocycles. The zero-order valence-corrected chi connectivity index (χ0v) is 7.33. The second-order valence-corrected chi connectivity index (χ2v) is 2.29. The van der Waals surface area contributed by atoms with Gasteiger partial charge in [-0.3, -0.25) is 0 Å². The average Bonchev–Trinajstić information content (AvgIpc) is 2.16. The quantitative estimate of drug-likeness (QED) is 0.761. The van der Waals surface area contributed by atoms with Crippen LogP contribution in [0.5, 0.6) is 11.5 Å². The molecule has 0 fully saturated rings. The number of benzene rings is 1. The van der Waals surface area contributed by atoms with Gasteiger partial charge in [0.05, 0.1) is 14.2 Å². The predicted octanol–water partition coefficient (Wildman–Crippen LogP) is 1.20. The molecule has 0 saturated heterocycles. The van der Waals surface area contributed by atoms with Gasteiger partial charge in [0.2, 0.25) is 0 Å². The monoisotopic (exact) mass is 181 g/mol. The maximum Gasteiger partial charge on any atom is 0.340 e. The Kier molecular flexibility index (Phi) is 2.74. The highest BCUT2D eigenvalue weighted by molar-refractivity contribution is 5.90. The Bertz CT molecular complexity index is 319. The topological polar surface area (TPSA) is 55.8 Å². The minimum Gasteiger partial charge on any atom is -0.497 e. The minimum atomic E-state index is -1.07. The summed E-state index contributed by atoms with van der Waals surface area (Å²) in [4.78, 5) is 10.6. The lowest BCUT2D eigenvalue weighted by molar-refractivity contribution is 0.0693. The summed E-state index contributed by atoms with van der Waals surface area (Å²) in [6.45, 7) is 0. The third-order valence-electron chi connectivity index (χ3n) is 1.55. The lowest BCUT2D eigenvalue weighted by Gasteiger charge is -2.05. The maximum absolute atomic E-state index is 10.6. The van der Waals surface area contributed by atoms with Gasteiger partial charge in [-0.15, -0.1) is 0 Å². The summed E-state index contributed by atoms with van der Waals surface area (Å²) in [5.41, 5.74) is 0.00306. The largest absolute Gasteiger partial charge is 0.497 e. The van der Waals surface area contributed by atoms with E-state index < -0.39 is 5.97 Å². The summed E-state index contributed by atoms with van der Waals surface area (Å²) in [6, 6.07) is 5.51. The van der Waals surface area contributed by atoms with Crippen molar-refractivity contribution in [2.24, 2.45) is 0 Å². The molecule has 69 valence electrons. The Morgan fingerprint density at radius 3 is 2.62 bits per heavy atom. The van der Waals surface area contributed by atoms with Crippen molar-refractivity contribution in [2.45, 2.75) is 0 Å². The first kappa shape index (κ1) is 9.38. The van der Waals surface area contributed by atoms with Crippen LogP contribution in [0.4, 0.5) is 0 Å². The first-order valence-corrected chi connectivity index (χ1v) is 3.56. The Morgan fingerprint density at radius 2 is 2.15 bits per heavy atom. The molecule has 0 amide bonds. The van der Waals surface area contributed by atoms with Crippen LogP contribution in [0, 0.1) is 6.07 Å². The number of carboxylic acids is 1. The average molecular weight is 181 g/mol. The molecule has 13 heavy (non-hydrogen) atoms. The summed E-state index contributed by atoms with van der Waals surface area (Å²) in [5, 5.41) is 8.71. The molecule has 1 aromatic rings. The first-order chi connectivity index (χ1) is 6.19. The summed E-state index contributed by atoms with van der Waals surface area (Å²) in [7, 11) is 2.89. The van der Waals surface area contributed by atoms with E-state index in [9.17, 15) is 4.79 Å². The molecule has 0 aliphatic heterocycles. The number of carbonyl (C=O) groups is 1. The lowest BCUT2D eigenvalue weighted by Crippen LogP contribution is -2.00. The molecule has 0 aromatic heterocycles. The fourth-order valence-electron chi connectivity index (χ4n) is 0.903. The van der Waals surface area contributed by atoms with Crippen LogP contribution in [0.1, 0.15) is 10.4 Å². The summed E-state index contributed by atoms with van der Waals surface area (Å²) < 4.78 is 9.74. The van der Waals surface area contributed by atoms with E-state index in [1.54, 1.807) is 0 Å². The van der Waals surface area contributed by atoms with Gasteiger partial charge in [0.1, 0.15) is 17.1 Å². The highest BCUT2D eigenvalue weighted by Gasteiger charge is 2.11. The van der Waals surface area contributed by atoms with Gasteiger partial charge in [-0.25, -0.2) is 4.79 Å². The van der Waals surface area contributed by atoms with Crippen LogP contribution >= 0.6 is 0 Å². The number of aromatic carboxylic acids is 1. The SMILES string of the molecule is COc1c[c]c(C(=O)O)c(OC)c1. The molecule has 0 bridgehead atoms. The number of rotatable bonds is 3. The number of carboxylic acid groups (broad SMARTS) is 1. The molecule has 0 saturated carbocycles. The third kappa shape index (κ3) is 1.90. The van der Waals surface area contributed by atoms with Crippen LogP contribution in [0.2, 0.25) is 0 Å². The molecule has 0 aliphatic rings. The predicted molar refractivity (Wildman–Crippen MR) is 45.3 cm³/mol. The highest BCUT2D eigenvalue weighted by atomic mass is 16.5. The molecule has 1 rings (SSSR count). The Hall–Kier alpha value is -1.71. The smallest absolute Gasteiger partial charge is 0.340 e. The van der Waals surface area contributed by atoms with E-state index in [1.807, 2.05) is 0 Å². The molecule has 4 nitrogen and oxygen atoms in total. The van der Waals surface area contributed by atoms with Crippen molar-refractivity contribution in [3.8, 4) is 11.5 Å². The van der Waals surface area contributed by atoms with Gasteiger partial charge in [0.15, 0.2) is 0 Å². The van der Waals surface area contributed by atoms with Crippen LogP contribution in [-0.4, -0.2) is 25.3 Å². The zero-order valence-electron chi connectivity index (χ0n) is 7.33. The van der Waals surface area contributed by atoms with Crippen LogP contribution in [0.3, 0.4) is 0 Å². The zero-order chi connectivity index (χ0) is 9.84. The summed E-state index contributed by atoms with van der Waals surface area (Å²) in [5.74, 6) is -0.312. The molecule has 4 heteroatoms. The van der Waals surface area contributed by atoms with Gasteiger partial charge in [0.25, 0.3) is 0 Å². The number of methoxy groups -OCH3 is 2. The number of ether oxygens (including phenoxy) is 2. The molecule has 0 spiro atoms. The summed E-state index contributed by atoms with van der Waals surface area (Å²) in [6.07, 6.45) is 0. The molecule has 0 atom stereocenters. The normalized spacial score (nSPS) is 9.38. The third-order valence-corrected chi connectivity index (χ3v) is 1.55. The van der Waals surface area contributed by atoms with E-state index in [-0.39, 0.29) is 11.3 Å². The Morgan fingerprint density at radius 1 is 1.46 bits per heavy atom. The van der Waals surface area contributed by atoms with Crippen molar-refractivity contribution in [3.05, 3.63) is 23.8 Å². The van der Waals surface area contributed by atoms with Gasteiger partial charge in [-0.05, 0) is 6.07 Å². The molecule has 0 aliphatic carbocycles. The number of hydrogen-bond acceptors (Lipinski definition) is 3. The first-order valence-electron chi connectivity index (χ1n) is 3.56. The van der Waals surface area contributed by atoms with E-state index in [1.165, 1.54) is 26.4 Å². The van der Waals surface area contributed by atoms with E-state index in [2.05, 4.69) is 6.07 Å². The van der Waals surface area contributed by atoms with Crippen LogP contribution in [0.15, 0.2) is 12.1 Å². The van der Waals surface area contributed by atoms with Crippen molar-refractivity contribution in [2.75, 3.05) is 14.2 Å². The van der Waals surface area contributed by atoms with Crippen molar-refractivity contribution in [1.29, 1.82) is 0 Å². The lowest BCUT2D eigenvalue weighted by atomic mass is 10.2. The van der Waals surface area contributed by atoms with E-state index in [0.717, 1.165) is 0 Å². The fourth-order valence-corrected chi connectivity index (χ4v) is 0.903. The summed E-state index contributed by atoms with van der Waals surface area (Å²) >= 11 is 0. The van der Waals surface area contributed by atoms with E-state index >= 15 is 0 Å². The molecule has 1 aromatic carbocycles. The maximum atomic E-state index is 10.6. The minimum absolute atomic E-state index is 0.00306. The molecule has 0 unspecified atom stereocenters. The molecule has 1 radical (unpaired) electrons. The van der Waals surface area contributed by atoms with Crippen LogP contribution in [-0.2, 0) is 0 Å². The molecular formula is C9H9O4. The van der Waals surface area contributed by atoms with Crippen molar-refractivity contribution < 1.29 is 19.4 Å². The van der Waals surface area contributed by atoms with Crippen molar-refractivity contribution >= 4 is 5.97 Å². The molecular weight excluding hydrogens is 172 g/mol. The fraction of sp³-hybridized carbons (Fsp3) is 0.222. The Balaban J connectivity index is 3.15. The Labute approximate surface area is 75.7 Å². The highest BCUT2D eigenvalue weighted by Crippen LogP contribution is 2.23. The van der Waals surface area contributed by atoms with Gasteiger partial charge in [0, 0.05) is 12.1 Å².